The highest BCUT2D eigenvalue weighted by Crippen LogP contribution is 2.23. The van der Waals surface area contributed by atoms with Crippen molar-refractivity contribution in [2.45, 2.75) is 45.6 Å². The van der Waals surface area contributed by atoms with E-state index in [4.69, 9.17) is 5.10 Å². The van der Waals surface area contributed by atoms with Crippen molar-refractivity contribution in [2.75, 3.05) is 32.7 Å². The maximum Gasteiger partial charge on any atom is 0.275 e. The standard InChI is InChI=1S/C21H30N4O/c1-17-8-7-13-24(16-17)21(26)20-18-9-3-4-10-19(18)25(22-20)15-14-23-11-5-2-6-12-23/h3-4,9-10,17H,2,5-8,11-16H2,1H3/t17-/m1/s1. The molecule has 4 rings (SSSR count). The Balaban J connectivity index is 1.56. The molecule has 5 nitrogen and oxygen atoms in total. The van der Waals surface area contributed by atoms with Gasteiger partial charge in [-0.15, -0.1) is 0 Å². The number of hydrogen-bond acceptors (Lipinski definition) is 3. The number of aromatic nitrogens is 2. The fourth-order valence-corrected chi connectivity index (χ4v) is 4.40. The first-order chi connectivity index (χ1) is 12.7. The summed E-state index contributed by atoms with van der Waals surface area (Å²) in [7, 11) is 0. The van der Waals surface area contributed by atoms with Crippen LogP contribution in [0.3, 0.4) is 0 Å². The van der Waals surface area contributed by atoms with Crippen LogP contribution in [0.1, 0.15) is 49.5 Å². The molecule has 26 heavy (non-hydrogen) atoms. The van der Waals surface area contributed by atoms with E-state index in [1.165, 1.54) is 38.8 Å². The lowest BCUT2D eigenvalue weighted by Crippen LogP contribution is -2.39. The van der Waals surface area contributed by atoms with Gasteiger partial charge in [0.05, 0.1) is 12.1 Å². The molecule has 5 heteroatoms. The first-order valence-electron chi connectivity index (χ1n) is 10.2. The van der Waals surface area contributed by atoms with Crippen molar-refractivity contribution in [2.24, 2.45) is 5.92 Å². The van der Waals surface area contributed by atoms with Gasteiger partial charge in [0.2, 0.25) is 0 Å². The zero-order chi connectivity index (χ0) is 17.9. The molecule has 2 saturated heterocycles. The van der Waals surface area contributed by atoms with Crippen molar-refractivity contribution in [1.82, 2.24) is 19.6 Å². The molecular weight excluding hydrogens is 324 g/mol. The number of nitrogens with zero attached hydrogens (tertiary/aromatic N) is 4. The molecule has 0 radical (unpaired) electrons. The summed E-state index contributed by atoms with van der Waals surface area (Å²) in [5.74, 6) is 0.685. The molecule has 1 aromatic carbocycles. The summed E-state index contributed by atoms with van der Waals surface area (Å²) in [6, 6.07) is 8.18. The lowest BCUT2D eigenvalue weighted by molar-refractivity contribution is 0.0678. The fourth-order valence-electron chi connectivity index (χ4n) is 4.40. The highest BCUT2D eigenvalue weighted by Gasteiger charge is 2.26. The van der Waals surface area contributed by atoms with Gasteiger partial charge in [0, 0.05) is 25.0 Å². The number of piperidine rings is 2. The molecule has 2 aliphatic heterocycles. The SMILES string of the molecule is C[C@@H]1CCCN(C(=O)c2nn(CCN3CCCCC3)c3ccccc23)C1. The normalized spacial score (nSPS) is 22.0. The average Bonchev–Trinajstić information content (AvgIpc) is 3.05. The first kappa shape index (κ1) is 17.5. The molecular formula is C21H30N4O. The summed E-state index contributed by atoms with van der Waals surface area (Å²) in [6.45, 7) is 8.19. The Labute approximate surface area is 155 Å². The molecule has 0 unspecified atom stereocenters. The number of carbonyl (C=O) groups excluding carboxylic acids is 1. The largest absolute Gasteiger partial charge is 0.337 e. The highest BCUT2D eigenvalue weighted by molar-refractivity contribution is 6.04. The van der Waals surface area contributed by atoms with E-state index in [1.54, 1.807) is 0 Å². The van der Waals surface area contributed by atoms with Crippen molar-refractivity contribution in [1.29, 1.82) is 0 Å². The first-order valence-corrected chi connectivity index (χ1v) is 10.2. The Hall–Kier alpha value is -1.88. The Morgan fingerprint density at radius 1 is 1.08 bits per heavy atom. The third-order valence-electron chi connectivity index (χ3n) is 5.88. The number of benzene rings is 1. The van der Waals surface area contributed by atoms with Crippen molar-refractivity contribution in [3.05, 3.63) is 30.0 Å². The Bertz CT molecular complexity index is 762. The van der Waals surface area contributed by atoms with Gasteiger partial charge in [0.25, 0.3) is 5.91 Å². The lowest BCUT2D eigenvalue weighted by Gasteiger charge is -2.30. The molecule has 2 aliphatic rings. The van der Waals surface area contributed by atoms with E-state index in [1.807, 2.05) is 27.8 Å². The topological polar surface area (TPSA) is 41.4 Å². The van der Waals surface area contributed by atoms with Gasteiger partial charge in [-0.2, -0.15) is 5.10 Å². The van der Waals surface area contributed by atoms with Gasteiger partial charge >= 0.3 is 0 Å². The van der Waals surface area contributed by atoms with Gasteiger partial charge in [-0.1, -0.05) is 31.5 Å². The van der Waals surface area contributed by atoms with Gasteiger partial charge in [0.15, 0.2) is 5.69 Å². The van der Waals surface area contributed by atoms with Crippen LogP contribution in [0.5, 0.6) is 0 Å². The van der Waals surface area contributed by atoms with E-state index in [9.17, 15) is 4.79 Å². The van der Waals surface area contributed by atoms with Gasteiger partial charge in [0.1, 0.15) is 0 Å². The zero-order valence-corrected chi connectivity index (χ0v) is 15.9. The number of fused-ring (bicyclic) bond motifs is 1. The monoisotopic (exact) mass is 354 g/mol. The van der Waals surface area contributed by atoms with Gasteiger partial charge in [-0.25, -0.2) is 0 Å². The van der Waals surface area contributed by atoms with Crippen molar-refractivity contribution >= 4 is 16.8 Å². The minimum absolute atomic E-state index is 0.101. The van der Waals surface area contributed by atoms with E-state index in [0.717, 1.165) is 43.5 Å². The van der Waals surface area contributed by atoms with Crippen LogP contribution in [-0.2, 0) is 6.54 Å². The van der Waals surface area contributed by atoms with Gasteiger partial charge in [-0.3, -0.25) is 9.48 Å². The Morgan fingerprint density at radius 2 is 1.88 bits per heavy atom. The second-order valence-corrected chi connectivity index (χ2v) is 7.99. The quantitative estimate of drug-likeness (QED) is 0.845. The molecule has 2 fully saturated rings. The molecule has 3 heterocycles. The van der Waals surface area contributed by atoms with Crippen LogP contribution in [0.15, 0.2) is 24.3 Å². The number of hydrogen-bond donors (Lipinski definition) is 0. The van der Waals surface area contributed by atoms with Gasteiger partial charge < -0.3 is 9.80 Å². The van der Waals surface area contributed by atoms with E-state index in [-0.39, 0.29) is 5.91 Å². The summed E-state index contributed by atoms with van der Waals surface area (Å²) in [5.41, 5.74) is 1.71. The minimum atomic E-state index is 0.101. The summed E-state index contributed by atoms with van der Waals surface area (Å²) in [6.07, 6.45) is 6.27. The summed E-state index contributed by atoms with van der Waals surface area (Å²) >= 11 is 0. The van der Waals surface area contributed by atoms with Crippen LogP contribution in [0, 0.1) is 5.92 Å². The zero-order valence-electron chi connectivity index (χ0n) is 15.9. The second-order valence-electron chi connectivity index (χ2n) is 7.99. The maximum absolute atomic E-state index is 13.1. The van der Waals surface area contributed by atoms with E-state index in [0.29, 0.717) is 11.6 Å². The van der Waals surface area contributed by atoms with Crippen LogP contribution in [0.2, 0.25) is 0 Å². The van der Waals surface area contributed by atoms with Crippen LogP contribution in [0.4, 0.5) is 0 Å². The van der Waals surface area contributed by atoms with Crippen molar-refractivity contribution in [3.8, 4) is 0 Å². The van der Waals surface area contributed by atoms with Crippen molar-refractivity contribution in [3.63, 3.8) is 0 Å². The third-order valence-corrected chi connectivity index (χ3v) is 5.88. The molecule has 1 amide bonds. The molecule has 0 bridgehead atoms. The predicted molar refractivity (Wildman–Crippen MR) is 104 cm³/mol. The molecule has 1 aromatic heterocycles. The number of para-hydroxylation sites is 1. The van der Waals surface area contributed by atoms with Crippen LogP contribution >= 0.6 is 0 Å². The Kier molecular flexibility index (Phi) is 5.25. The summed E-state index contributed by atoms with van der Waals surface area (Å²) in [4.78, 5) is 17.6. The van der Waals surface area contributed by atoms with Crippen LogP contribution in [0.25, 0.3) is 10.9 Å². The smallest absolute Gasteiger partial charge is 0.275 e. The number of amides is 1. The van der Waals surface area contributed by atoms with Crippen LogP contribution in [-0.4, -0.2) is 58.2 Å². The highest BCUT2D eigenvalue weighted by atomic mass is 16.2. The van der Waals surface area contributed by atoms with E-state index >= 15 is 0 Å². The molecule has 1 atom stereocenters. The molecule has 0 spiro atoms. The second kappa shape index (κ2) is 7.78. The van der Waals surface area contributed by atoms with Crippen LogP contribution < -0.4 is 0 Å². The minimum Gasteiger partial charge on any atom is -0.337 e. The Morgan fingerprint density at radius 3 is 2.69 bits per heavy atom. The number of likely N-dealkylation sites (tertiary alicyclic amines) is 2. The molecule has 0 N–H and O–H groups in total. The lowest BCUT2D eigenvalue weighted by atomic mass is 10.00. The van der Waals surface area contributed by atoms with E-state index < -0.39 is 0 Å². The fraction of sp³-hybridized carbons (Fsp3) is 0.619. The number of rotatable bonds is 4. The molecule has 0 aliphatic carbocycles. The molecule has 140 valence electrons. The molecule has 2 aromatic rings. The van der Waals surface area contributed by atoms with Gasteiger partial charge in [-0.05, 0) is 50.8 Å². The third kappa shape index (κ3) is 3.63. The molecule has 0 saturated carbocycles. The number of carbonyl (C=O) groups is 1. The maximum atomic E-state index is 13.1. The average molecular weight is 354 g/mol. The summed E-state index contributed by atoms with van der Waals surface area (Å²) < 4.78 is 2.05. The van der Waals surface area contributed by atoms with E-state index in [2.05, 4.69) is 17.9 Å². The van der Waals surface area contributed by atoms with Crippen molar-refractivity contribution < 1.29 is 4.79 Å². The summed E-state index contributed by atoms with van der Waals surface area (Å²) in [5, 5.41) is 5.77. The predicted octanol–water partition coefficient (Wildman–Crippen LogP) is 3.39.